The number of nitrogens with zero attached hydrogens (tertiary/aromatic N) is 1. The average molecular weight is 189 g/mol. The van der Waals surface area contributed by atoms with Gasteiger partial charge in [-0.1, -0.05) is 0 Å². The van der Waals surface area contributed by atoms with Gasteiger partial charge in [0.1, 0.15) is 17.6 Å². The smallest absolute Gasteiger partial charge is 0.134 e. The molecule has 0 spiro atoms. The quantitative estimate of drug-likeness (QED) is 0.789. The van der Waals surface area contributed by atoms with Crippen molar-refractivity contribution in [1.29, 1.82) is 0 Å². The normalized spacial score (nSPS) is 12.7. The molecule has 1 atom stereocenters. The maximum Gasteiger partial charge on any atom is 0.134 e. The number of aliphatic hydroxyl groups is 1. The van der Waals surface area contributed by atoms with Crippen molar-refractivity contribution in [3.05, 3.63) is 42.4 Å². The number of pyridine rings is 1. The molecule has 2 aromatic heterocycles. The Bertz CT molecular complexity index is 406. The van der Waals surface area contributed by atoms with Crippen molar-refractivity contribution in [2.24, 2.45) is 0 Å². The van der Waals surface area contributed by atoms with Gasteiger partial charge in [-0.2, -0.15) is 0 Å². The fraction of sp³-hybridized carbons (Fsp3) is 0.182. The summed E-state index contributed by atoms with van der Waals surface area (Å²) in [6.45, 7) is 1.68. The summed E-state index contributed by atoms with van der Waals surface area (Å²) in [6, 6.07) is 7.35. The molecule has 0 aliphatic rings. The van der Waals surface area contributed by atoms with Crippen molar-refractivity contribution in [3.8, 4) is 11.3 Å². The Morgan fingerprint density at radius 3 is 2.50 bits per heavy atom. The Hall–Kier alpha value is -1.61. The van der Waals surface area contributed by atoms with Gasteiger partial charge in [0.2, 0.25) is 0 Å². The molecule has 0 amide bonds. The van der Waals surface area contributed by atoms with E-state index >= 15 is 0 Å². The summed E-state index contributed by atoms with van der Waals surface area (Å²) in [5.74, 6) is 1.33. The third kappa shape index (κ3) is 1.67. The first-order valence-corrected chi connectivity index (χ1v) is 4.45. The van der Waals surface area contributed by atoms with Crippen molar-refractivity contribution in [2.75, 3.05) is 0 Å². The zero-order chi connectivity index (χ0) is 9.97. The average Bonchev–Trinajstić information content (AvgIpc) is 2.68. The van der Waals surface area contributed by atoms with Gasteiger partial charge in [0.25, 0.3) is 0 Å². The van der Waals surface area contributed by atoms with E-state index in [4.69, 9.17) is 4.42 Å². The summed E-state index contributed by atoms with van der Waals surface area (Å²) in [7, 11) is 0. The van der Waals surface area contributed by atoms with Crippen molar-refractivity contribution < 1.29 is 9.52 Å². The summed E-state index contributed by atoms with van der Waals surface area (Å²) in [6.07, 6.45) is 2.85. The van der Waals surface area contributed by atoms with E-state index in [0.29, 0.717) is 5.76 Å². The van der Waals surface area contributed by atoms with Gasteiger partial charge < -0.3 is 9.52 Å². The van der Waals surface area contributed by atoms with Crippen LogP contribution in [0.25, 0.3) is 11.3 Å². The SMILES string of the molecule is CC(O)c1ccc(-c2ccncc2)o1. The van der Waals surface area contributed by atoms with Crippen LogP contribution in [-0.2, 0) is 0 Å². The van der Waals surface area contributed by atoms with E-state index in [9.17, 15) is 5.11 Å². The summed E-state index contributed by atoms with van der Waals surface area (Å²) >= 11 is 0. The van der Waals surface area contributed by atoms with Gasteiger partial charge in [-0.25, -0.2) is 0 Å². The molecule has 1 N–H and O–H groups in total. The van der Waals surface area contributed by atoms with Crippen LogP contribution in [0, 0.1) is 0 Å². The lowest BCUT2D eigenvalue weighted by Crippen LogP contribution is -1.85. The van der Waals surface area contributed by atoms with Crippen LogP contribution < -0.4 is 0 Å². The van der Waals surface area contributed by atoms with Crippen molar-refractivity contribution in [3.63, 3.8) is 0 Å². The highest BCUT2D eigenvalue weighted by atomic mass is 16.4. The van der Waals surface area contributed by atoms with Gasteiger partial charge in [0, 0.05) is 18.0 Å². The fourth-order valence-electron chi connectivity index (χ4n) is 1.25. The number of aliphatic hydroxyl groups excluding tert-OH is 1. The van der Waals surface area contributed by atoms with Crippen LogP contribution in [0.5, 0.6) is 0 Å². The van der Waals surface area contributed by atoms with Crippen LogP contribution in [0.1, 0.15) is 18.8 Å². The predicted molar refractivity (Wildman–Crippen MR) is 52.6 cm³/mol. The molecule has 0 bridgehead atoms. The van der Waals surface area contributed by atoms with Gasteiger partial charge in [0.05, 0.1) is 0 Å². The minimum absolute atomic E-state index is 0.564. The molecule has 1 unspecified atom stereocenters. The molecule has 3 heteroatoms. The van der Waals surface area contributed by atoms with E-state index < -0.39 is 6.10 Å². The molecule has 0 saturated carbocycles. The summed E-state index contributed by atoms with van der Waals surface area (Å²) in [5, 5.41) is 9.28. The molecular formula is C11H11NO2. The number of hydrogen-bond donors (Lipinski definition) is 1. The highest BCUT2D eigenvalue weighted by molar-refractivity contribution is 5.56. The standard InChI is InChI=1S/C11H11NO2/c1-8(13)10-2-3-11(14-10)9-4-6-12-7-5-9/h2-8,13H,1H3. The Morgan fingerprint density at radius 2 is 1.93 bits per heavy atom. The number of hydrogen-bond acceptors (Lipinski definition) is 3. The van der Waals surface area contributed by atoms with Crippen molar-refractivity contribution in [1.82, 2.24) is 4.98 Å². The molecule has 2 aromatic rings. The zero-order valence-electron chi connectivity index (χ0n) is 7.84. The van der Waals surface area contributed by atoms with Crippen LogP contribution in [0.15, 0.2) is 41.1 Å². The highest BCUT2D eigenvalue weighted by Crippen LogP contribution is 2.24. The first-order chi connectivity index (χ1) is 6.77. The monoisotopic (exact) mass is 189 g/mol. The maximum atomic E-state index is 9.28. The first-order valence-electron chi connectivity index (χ1n) is 4.45. The first kappa shape index (κ1) is 8.97. The molecule has 3 nitrogen and oxygen atoms in total. The highest BCUT2D eigenvalue weighted by Gasteiger charge is 2.07. The van der Waals surface area contributed by atoms with Gasteiger partial charge in [-0.15, -0.1) is 0 Å². The molecule has 0 aromatic carbocycles. The van der Waals surface area contributed by atoms with E-state index in [1.807, 2.05) is 18.2 Å². The molecule has 2 rings (SSSR count). The van der Waals surface area contributed by atoms with E-state index in [0.717, 1.165) is 11.3 Å². The number of aromatic nitrogens is 1. The summed E-state index contributed by atoms with van der Waals surface area (Å²) < 4.78 is 5.45. The minimum Gasteiger partial charge on any atom is -0.458 e. The topological polar surface area (TPSA) is 46.3 Å². The van der Waals surface area contributed by atoms with Crippen LogP contribution in [0.3, 0.4) is 0 Å². The molecule has 0 fully saturated rings. The second-order valence-corrected chi connectivity index (χ2v) is 3.11. The molecule has 0 radical (unpaired) electrons. The van der Waals surface area contributed by atoms with E-state index in [1.165, 1.54) is 0 Å². The van der Waals surface area contributed by atoms with E-state index in [1.54, 1.807) is 25.4 Å². The molecule has 0 aliphatic heterocycles. The Kier molecular flexibility index (Phi) is 2.33. The molecule has 2 heterocycles. The Labute approximate surface area is 82.0 Å². The largest absolute Gasteiger partial charge is 0.458 e. The minimum atomic E-state index is -0.564. The van der Waals surface area contributed by atoms with E-state index in [-0.39, 0.29) is 0 Å². The van der Waals surface area contributed by atoms with Crippen LogP contribution in [-0.4, -0.2) is 10.1 Å². The van der Waals surface area contributed by atoms with Crippen molar-refractivity contribution >= 4 is 0 Å². The van der Waals surface area contributed by atoms with Crippen molar-refractivity contribution in [2.45, 2.75) is 13.0 Å². The third-order valence-corrected chi connectivity index (χ3v) is 2.00. The Balaban J connectivity index is 2.34. The van der Waals surface area contributed by atoms with Gasteiger partial charge in [-0.05, 0) is 31.2 Å². The van der Waals surface area contributed by atoms with Crippen LogP contribution in [0.2, 0.25) is 0 Å². The Morgan fingerprint density at radius 1 is 1.21 bits per heavy atom. The second kappa shape index (κ2) is 3.64. The van der Waals surface area contributed by atoms with Gasteiger partial charge in [0.15, 0.2) is 0 Å². The lowest BCUT2D eigenvalue weighted by molar-refractivity contribution is 0.170. The number of furan rings is 1. The van der Waals surface area contributed by atoms with Gasteiger partial charge in [-0.3, -0.25) is 4.98 Å². The van der Waals surface area contributed by atoms with Crippen LogP contribution >= 0.6 is 0 Å². The second-order valence-electron chi connectivity index (χ2n) is 3.11. The lowest BCUT2D eigenvalue weighted by atomic mass is 10.2. The molecular weight excluding hydrogens is 178 g/mol. The number of rotatable bonds is 2. The maximum absolute atomic E-state index is 9.28. The molecule has 72 valence electrons. The van der Waals surface area contributed by atoms with Crippen LogP contribution in [0.4, 0.5) is 0 Å². The van der Waals surface area contributed by atoms with E-state index in [2.05, 4.69) is 4.98 Å². The van der Waals surface area contributed by atoms with Gasteiger partial charge >= 0.3 is 0 Å². The zero-order valence-corrected chi connectivity index (χ0v) is 7.84. The lowest BCUT2D eigenvalue weighted by Gasteiger charge is -1.98. The molecule has 14 heavy (non-hydrogen) atoms. The summed E-state index contributed by atoms with van der Waals surface area (Å²) in [4.78, 5) is 3.92. The third-order valence-electron chi connectivity index (χ3n) is 2.00. The summed E-state index contributed by atoms with van der Waals surface area (Å²) in [5.41, 5.74) is 0.965. The predicted octanol–water partition coefficient (Wildman–Crippen LogP) is 2.39. The molecule has 0 aliphatic carbocycles. The fourth-order valence-corrected chi connectivity index (χ4v) is 1.25. The molecule has 0 saturated heterocycles.